The predicted molar refractivity (Wildman–Crippen MR) is 82.6 cm³/mol. The first-order valence-corrected chi connectivity index (χ1v) is 7.77. The minimum absolute atomic E-state index is 0.273. The molecule has 0 aliphatic heterocycles. The van der Waals surface area contributed by atoms with Crippen LogP contribution in [0.15, 0.2) is 10.5 Å². The Bertz CT molecular complexity index is 493. The molecule has 1 aromatic heterocycles. The fourth-order valence-corrected chi connectivity index (χ4v) is 3.33. The van der Waals surface area contributed by atoms with Crippen LogP contribution in [0.25, 0.3) is 0 Å². The van der Waals surface area contributed by atoms with Crippen molar-refractivity contribution in [1.29, 1.82) is 0 Å². The second kappa shape index (κ2) is 6.87. The lowest BCUT2D eigenvalue weighted by Crippen LogP contribution is -2.38. The van der Waals surface area contributed by atoms with E-state index in [0.717, 1.165) is 28.8 Å². The number of halogens is 3. The van der Waals surface area contributed by atoms with Crippen LogP contribution >= 0.6 is 15.9 Å². The second-order valence-electron chi connectivity index (χ2n) is 5.41. The number of pyridine rings is 1. The summed E-state index contributed by atoms with van der Waals surface area (Å²) in [5.41, 5.74) is 7.27. The van der Waals surface area contributed by atoms with Gasteiger partial charge in [-0.25, -0.2) is 4.98 Å². The molecule has 2 rings (SSSR count). The molecule has 1 heterocycles. The van der Waals surface area contributed by atoms with Crippen LogP contribution in [0.5, 0.6) is 0 Å². The summed E-state index contributed by atoms with van der Waals surface area (Å²) in [6.07, 6.45) is 2.58. The molecular formula is C14H20BrF2N3O. The number of ether oxygens (including phenoxy) is 1. The van der Waals surface area contributed by atoms with Gasteiger partial charge in [0.05, 0.1) is 22.0 Å². The van der Waals surface area contributed by atoms with E-state index in [1.165, 1.54) is 0 Å². The number of alkyl halides is 2. The van der Waals surface area contributed by atoms with E-state index in [4.69, 9.17) is 5.73 Å². The van der Waals surface area contributed by atoms with E-state index in [9.17, 15) is 8.78 Å². The number of hydrogen-bond acceptors (Lipinski definition) is 4. The monoisotopic (exact) mass is 363 g/mol. The van der Waals surface area contributed by atoms with Gasteiger partial charge < -0.3 is 15.4 Å². The molecule has 1 aliphatic carbocycles. The van der Waals surface area contributed by atoms with Gasteiger partial charge in [-0.3, -0.25) is 0 Å². The molecule has 0 unspecified atom stereocenters. The van der Waals surface area contributed by atoms with Crippen molar-refractivity contribution in [3.05, 3.63) is 16.2 Å². The highest BCUT2D eigenvalue weighted by atomic mass is 79.9. The van der Waals surface area contributed by atoms with Crippen molar-refractivity contribution >= 4 is 27.4 Å². The van der Waals surface area contributed by atoms with Crippen molar-refractivity contribution in [2.75, 3.05) is 17.7 Å². The van der Waals surface area contributed by atoms with Gasteiger partial charge in [0, 0.05) is 13.1 Å². The summed E-state index contributed by atoms with van der Waals surface area (Å²) in [6.45, 7) is -0.813. The Morgan fingerprint density at radius 2 is 2.00 bits per heavy atom. The number of nitrogens with zero attached hydrogens (tertiary/aromatic N) is 2. The first kappa shape index (κ1) is 16.4. The van der Waals surface area contributed by atoms with Gasteiger partial charge in [0.15, 0.2) is 0 Å². The topological polar surface area (TPSA) is 51.4 Å². The highest BCUT2D eigenvalue weighted by Gasteiger charge is 2.27. The molecule has 0 aromatic carbocycles. The quantitative estimate of drug-likeness (QED) is 0.885. The summed E-state index contributed by atoms with van der Waals surface area (Å²) in [7, 11) is 1.97. The Kier molecular flexibility index (Phi) is 5.37. The van der Waals surface area contributed by atoms with Crippen LogP contribution in [0.1, 0.15) is 31.4 Å². The van der Waals surface area contributed by atoms with Crippen LogP contribution in [-0.2, 0) is 4.74 Å². The van der Waals surface area contributed by atoms with Gasteiger partial charge in [0.25, 0.3) is 0 Å². The average molecular weight is 364 g/mol. The molecular weight excluding hydrogens is 344 g/mol. The van der Waals surface area contributed by atoms with Crippen LogP contribution in [-0.4, -0.2) is 30.8 Å². The van der Waals surface area contributed by atoms with Crippen LogP contribution in [0.2, 0.25) is 0 Å². The van der Waals surface area contributed by atoms with E-state index in [2.05, 4.69) is 30.6 Å². The van der Waals surface area contributed by atoms with Crippen molar-refractivity contribution in [2.45, 2.75) is 51.4 Å². The SMILES string of the molecule is Cc1nc(N(C)[C@H]2CC[C@H](OC(F)F)CC2)c(Br)cc1N. The van der Waals surface area contributed by atoms with Gasteiger partial charge in [-0.2, -0.15) is 8.78 Å². The molecule has 7 heteroatoms. The van der Waals surface area contributed by atoms with Gasteiger partial charge >= 0.3 is 6.61 Å². The first-order valence-electron chi connectivity index (χ1n) is 6.97. The third-order valence-electron chi connectivity index (χ3n) is 4.01. The maximum Gasteiger partial charge on any atom is 0.345 e. The average Bonchev–Trinajstić information content (AvgIpc) is 2.42. The molecule has 1 saturated carbocycles. The number of anilines is 2. The molecule has 0 atom stereocenters. The van der Waals surface area contributed by atoms with Crippen LogP contribution in [0.3, 0.4) is 0 Å². The Hall–Kier alpha value is -0.950. The summed E-state index contributed by atoms with van der Waals surface area (Å²) in [5.74, 6) is 0.833. The Balaban J connectivity index is 2.02. The number of aryl methyl sites for hydroxylation is 1. The van der Waals surface area contributed by atoms with Crippen molar-refractivity contribution < 1.29 is 13.5 Å². The van der Waals surface area contributed by atoms with E-state index in [1.807, 2.05) is 20.0 Å². The first-order chi connectivity index (χ1) is 9.88. The summed E-state index contributed by atoms with van der Waals surface area (Å²) < 4.78 is 29.9. The van der Waals surface area contributed by atoms with E-state index in [0.29, 0.717) is 18.5 Å². The Morgan fingerprint density at radius 1 is 1.38 bits per heavy atom. The Morgan fingerprint density at radius 3 is 2.57 bits per heavy atom. The van der Waals surface area contributed by atoms with Crippen molar-refractivity contribution in [2.24, 2.45) is 0 Å². The molecule has 0 saturated heterocycles. The second-order valence-corrected chi connectivity index (χ2v) is 6.26. The fourth-order valence-electron chi connectivity index (χ4n) is 2.72. The Labute approximate surface area is 131 Å². The third kappa shape index (κ3) is 4.03. The molecule has 0 bridgehead atoms. The lowest BCUT2D eigenvalue weighted by molar-refractivity contribution is -0.169. The number of nitrogens with two attached hydrogens (primary N) is 1. The van der Waals surface area contributed by atoms with E-state index in [1.54, 1.807) is 0 Å². The number of nitrogen functional groups attached to an aromatic ring is 1. The van der Waals surface area contributed by atoms with E-state index in [-0.39, 0.29) is 12.1 Å². The van der Waals surface area contributed by atoms with Crippen LogP contribution in [0.4, 0.5) is 20.3 Å². The standard InChI is InChI=1S/C14H20BrF2N3O/c1-8-12(18)7-11(15)13(19-8)20(2)9-3-5-10(6-4-9)21-14(16)17/h7,9-10,14H,3-6,18H2,1-2H3/t9-,10-. The maximum absolute atomic E-state index is 12.2. The lowest BCUT2D eigenvalue weighted by atomic mass is 9.92. The number of hydrogen-bond donors (Lipinski definition) is 1. The molecule has 21 heavy (non-hydrogen) atoms. The molecule has 0 spiro atoms. The van der Waals surface area contributed by atoms with Gasteiger partial charge in [-0.15, -0.1) is 0 Å². The molecule has 1 fully saturated rings. The number of aromatic nitrogens is 1. The zero-order chi connectivity index (χ0) is 15.6. The zero-order valence-corrected chi connectivity index (χ0v) is 13.7. The highest BCUT2D eigenvalue weighted by Crippen LogP contribution is 2.32. The molecule has 0 amide bonds. The minimum Gasteiger partial charge on any atom is -0.397 e. The summed E-state index contributed by atoms with van der Waals surface area (Å²) in [4.78, 5) is 6.61. The largest absolute Gasteiger partial charge is 0.397 e. The van der Waals surface area contributed by atoms with Crippen molar-refractivity contribution in [1.82, 2.24) is 4.98 Å². The van der Waals surface area contributed by atoms with Gasteiger partial charge in [0.1, 0.15) is 5.82 Å². The van der Waals surface area contributed by atoms with Gasteiger partial charge in [-0.05, 0) is 54.6 Å². The van der Waals surface area contributed by atoms with Gasteiger partial charge in [-0.1, -0.05) is 0 Å². The number of rotatable bonds is 4. The highest BCUT2D eigenvalue weighted by molar-refractivity contribution is 9.10. The molecule has 118 valence electrons. The third-order valence-corrected chi connectivity index (χ3v) is 4.59. The normalized spacial score (nSPS) is 22.6. The van der Waals surface area contributed by atoms with E-state index >= 15 is 0 Å². The smallest absolute Gasteiger partial charge is 0.345 e. The fraction of sp³-hybridized carbons (Fsp3) is 0.643. The van der Waals surface area contributed by atoms with Crippen LogP contribution in [0, 0.1) is 6.92 Å². The molecule has 1 aliphatic rings. The lowest BCUT2D eigenvalue weighted by Gasteiger charge is -2.35. The minimum atomic E-state index is -2.68. The maximum atomic E-state index is 12.2. The predicted octanol–water partition coefficient (Wildman–Crippen LogP) is 3.72. The molecule has 0 radical (unpaired) electrons. The summed E-state index contributed by atoms with van der Waals surface area (Å²) >= 11 is 3.49. The van der Waals surface area contributed by atoms with Crippen molar-refractivity contribution in [3.8, 4) is 0 Å². The van der Waals surface area contributed by atoms with Crippen molar-refractivity contribution in [3.63, 3.8) is 0 Å². The van der Waals surface area contributed by atoms with Crippen LogP contribution < -0.4 is 10.6 Å². The molecule has 4 nitrogen and oxygen atoms in total. The zero-order valence-electron chi connectivity index (χ0n) is 12.2. The summed E-state index contributed by atoms with van der Waals surface area (Å²) in [5, 5.41) is 0. The van der Waals surface area contributed by atoms with Gasteiger partial charge in [0.2, 0.25) is 0 Å². The molecule has 2 N–H and O–H groups in total. The van der Waals surface area contributed by atoms with E-state index < -0.39 is 6.61 Å². The summed E-state index contributed by atoms with van der Waals surface area (Å²) in [6, 6.07) is 2.12. The molecule has 1 aromatic rings.